The molecular formula is C24H30O5. The van der Waals surface area contributed by atoms with Crippen molar-refractivity contribution in [2.45, 2.75) is 70.0 Å². The summed E-state index contributed by atoms with van der Waals surface area (Å²) in [6.45, 7) is 4.37. The Morgan fingerprint density at radius 3 is 2.48 bits per heavy atom. The summed E-state index contributed by atoms with van der Waals surface area (Å²) in [5.74, 6) is 6.38. The molecule has 5 heteroatoms. The zero-order chi connectivity index (χ0) is 20.6. The largest absolute Gasteiger partial charge is 0.472 e. The fourth-order valence-corrected chi connectivity index (χ4v) is 9.36. The number of carboxylic acids is 1. The van der Waals surface area contributed by atoms with Crippen molar-refractivity contribution in [2.75, 3.05) is 0 Å². The molecule has 0 aromatic carbocycles. The highest BCUT2D eigenvalue weighted by Gasteiger charge is 2.81. The number of Topliss-reactive ketones (excluding diaryl/α,β-unsaturated/α-hetero) is 1. The lowest BCUT2D eigenvalue weighted by atomic mass is 9.42. The van der Waals surface area contributed by atoms with Gasteiger partial charge in [0.05, 0.1) is 5.60 Å². The molecule has 6 aliphatic carbocycles. The number of carbonyl (C=O) groups is 2. The Hall–Kier alpha value is -1.38. The van der Waals surface area contributed by atoms with E-state index in [0.29, 0.717) is 42.4 Å². The first-order valence-corrected chi connectivity index (χ1v) is 11.3. The molecule has 7 unspecified atom stereocenters. The first-order chi connectivity index (χ1) is 13.6. The van der Waals surface area contributed by atoms with Crippen LogP contribution in [0, 0.1) is 64.1 Å². The number of aliphatic carboxylic acids is 1. The fourth-order valence-electron chi connectivity index (χ4n) is 9.36. The molecule has 6 saturated carbocycles. The molecule has 3 N–H and O–H groups in total. The number of hydrogen-bond donors (Lipinski definition) is 3. The van der Waals surface area contributed by atoms with Gasteiger partial charge < -0.3 is 15.3 Å². The van der Waals surface area contributed by atoms with Crippen molar-refractivity contribution in [3.63, 3.8) is 0 Å². The molecule has 6 fully saturated rings. The minimum Gasteiger partial charge on any atom is -0.472 e. The van der Waals surface area contributed by atoms with Gasteiger partial charge in [-0.15, -0.1) is 0 Å². The van der Waals surface area contributed by atoms with Gasteiger partial charge >= 0.3 is 5.97 Å². The van der Waals surface area contributed by atoms with Gasteiger partial charge in [-0.25, -0.2) is 4.79 Å². The Morgan fingerprint density at radius 2 is 1.76 bits per heavy atom. The summed E-state index contributed by atoms with van der Waals surface area (Å²) in [7, 11) is 0. The van der Waals surface area contributed by atoms with Crippen LogP contribution in [0.4, 0.5) is 0 Å². The molecule has 0 spiro atoms. The van der Waals surface area contributed by atoms with Crippen molar-refractivity contribution in [1.29, 1.82) is 0 Å². The van der Waals surface area contributed by atoms with Gasteiger partial charge in [0, 0.05) is 35.5 Å². The molecule has 0 aromatic heterocycles. The van der Waals surface area contributed by atoms with Gasteiger partial charge in [0.2, 0.25) is 0 Å². The number of carboxylic acid groups (broad SMARTS) is 1. The average Bonchev–Trinajstić information content (AvgIpc) is 3.54. The SMILES string of the molecule is C[C@]12CCC3C(C4CC4[C@]4(O)CC(=O)CC[C@]34C)C1C1CC1[C@@]2(O)C#CC(=O)O. The molecule has 0 aromatic rings. The van der Waals surface area contributed by atoms with E-state index in [-0.39, 0.29) is 28.4 Å². The molecule has 0 saturated heterocycles. The Bertz CT molecular complexity index is 901. The van der Waals surface area contributed by atoms with Gasteiger partial charge in [0.25, 0.3) is 0 Å². The van der Waals surface area contributed by atoms with Gasteiger partial charge in [-0.05, 0) is 67.6 Å². The first kappa shape index (κ1) is 18.4. The van der Waals surface area contributed by atoms with E-state index in [1.807, 2.05) is 0 Å². The summed E-state index contributed by atoms with van der Waals surface area (Å²) in [4.78, 5) is 23.3. The maximum absolute atomic E-state index is 12.2. The summed E-state index contributed by atoms with van der Waals surface area (Å²) in [6, 6.07) is 0. The second-order valence-electron chi connectivity index (χ2n) is 11.6. The van der Waals surface area contributed by atoms with Crippen molar-refractivity contribution in [2.24, 2.45) is 52.3 Å². The Balaban J connectivity index is 1.42. The zero-order valence-corrected chi connectivity index (χ0v) is 17.1. The van der Waals surface area contributed by atoms with Crippen molar-refractivity contribution >= 4 is 11.8 Å². The number of aliphatic hydroxyl groups is 2. The van der Waals surface area contributed by atoms with Crippen molar-refractivity contribution < 1.29 is 24.9 Å². The predicted molar refractivity (Wildman–Crippen MR) is 103 cm³/mol. The van der Waals surface area contributed by atoms with E-state index in [0.717, 1.165) is 32.1 Å². The number of rotatable bonds is 0. The summed E-state index contributed by atoms with van der Waals surface area (Å²) < 4.78 is 0. The number of ketones is 1. The topological polar surface area (TPSA) is 94.8 Å². The van der Waals surface area contributed by atoms with Crippen LogP contribution in [0.3, 0.4) is 0 Å². The van der Waals surface area contributed by atoms with Crippen LogP contribution >= 0.6 is 0 Å². The van der Waals surface area contributed by atoms with Crippen LogP contribution in [-0.2, 0) is 9.59 Å². The maximum Gasteiger partial charge on any atom is 0.382 e. The van der Waals surface area contributed by atoms with Gasteiger partial charge in [0.15, 0.2) is 0 Å². The third kappa shape index (κ3) is 1.92. The van der Waals surface area contributed by atoms with Gasteiger partial charge in [0.1, 0.15) is 11.4 Å². The minimum atomic E-state index is -1.22. The van der Waals surface area contributed by atoms with E-state index in [4.69, 9.17) is 5.11 Å². The van der Waals surface area contributed by atoms with Crippen LogP contribution < -0.4 is 0 Å². The molecule has 5 nitrogen and oxygen atoms in total. The third-order valence-corrected chi connectivity index (χ3v) is 10.8. The smallest absolute Gasteiger partial charge is 0.382 e. The Labute approximate surface area is 171 Å². The normalized spacial score (nSPS) is 61.1. The number of fused-ring (bicyclic) bond motifs is 10. The van der Waals surface area contributed by atoms with E-state index < -0.39 is 17.2 Å². The number of hydrogen-bond acceptors (Lipinski definition) is 4. The van der Waals surface area contributed by atoms with E-state index in [1.54, 1.807) is 0 Å². The molecule has 0 heterocycles. The molecular weight excluding hydrogens is 368 g/mol. The molecule has 0 bridgehead atoms. The quantitative estimate of drug-likeness (QED) is 0.544. The lowest BCUT2D eigenvalue weighted by Gasteiger charge is -2.63. The van der Waals surface area contributed by atoms with Gasteiger partial charge in [-0.3, -0.25) is 4.79 Å². The molecule has 0 radical (unpaired) electrons. The van der Waals surface area contributed by atoms with Crippen LogP contribution in [0.5, 0.6) is 0 Å². The monoisotopic (exact) mass is 398 g/mol. The fraction of sp³-hybridized carbons (Fsp3) is 0.833. The highest BCUT2D eigenvalue weighted by atomic mass is 16.4. The van der Waals surface area contributed by atoms with Crippen molar-refractivity contribution in [3.8, 4) is 11.8 Å². The van der Waals surface area contributed by atoms with Crippen LogP contribution in [0.2, 0.25) is 0 Å². The summed E-state index contributed by atoms with van der Waals surface area (Å²) >= 11 is 0. The molecule has 6 rings (SSSR count). The van der Waals surface area contributed by atoms with Crippen LogP contribution in [0.15, 0.2) is 0 Å². The van der Waals surface area contributed by atoms with Gasteiger partial charge in [-0.1, -0.05) is 19.8 Å². The van der Waals surface area contributed by atoms with E-state index in [2.05, 4.69) is 25.7 Å². The highest BCUT2D eigenvalue weighted by Crippen LogP contribution is 2.81. The molecule has 29 heavy (non-hydrogen) atoms. The van der Waals surface area contributed by atoms with E-state index in [9.17, 15) is 19.8 Å². The van der Waals surface area contributed by atoms with Gasteiger partial charge in [-0.2, -0.15) is 0 Å². The second kappa shape index (κ2) is 5.08. The Morgan fingerprint density at radius 1 is 1.03 bits per heavy atom. The first-order valence-electron chi connectivity index (χ1n) is 11.3. The summed E-state index contributed by atoms with van der Waals surface area (Å²) in [6.07, 6.45) is 5.32. The van der Waals surface area contributed by atoms with E-state index in [1.165, 1.54) is 0 Å². The van der Waals surface area contributed by atoms with Crippen LogP contribution in [0.25, 0.3) is 0 Å². The molecule has 6 aliphatic rings. The molecule has 0 amide bonds. The molecule has 156 valence electrons. The maximum atomic E-state index is 12.2. The predicted octanol–water partition coefficient (Wildman–Crippen LogP) is 2.24. The standard InChI is InChI=1S/C24H30O5/c1-21-6-3-12(25)11-24(21,29)16-9-13(16)19-15(21)4-7-22(2)20(19)14-10-17(14)23(22,28)8-5-18(26)27/h13-17,19-20,28-29H,3-4,6-7,9-11H2,1-2H3,(H,26,27)/t13?,14?,15?,16?,17?,19?,20?,21-,22+,23+,24-/m1/s1. The zero-order valence-electron chi connectivity index (χ0n) is 17.1. The Kier molecular flexibility index (Phi) is 3.23. The minimum absolute atomic E-state index is 0.0850. The average molecular weight is 398 g/mol. The lowest BCUT2D eigenvalue weighted by molar-refractivity contribution is -0.218. The number of carbonyl (C=O) groups excluding carboxylic acids is 1. The molecule has 0 aliphatic heterocycles. The summed E-state index contributed by atoms with van der Waals surface area (Å²) in [5.41, 5.74) is -2.69. The lowest BCUT2D eigenvalue weighted by Crippen LogP contribution is -2.65. The van der Waals surface area contributed by atoms with Crippen molar-refractivity contribution in [1.82, 2.24) is 0 Å². The third-order valence-electron chi connectivity index (χ3n) is 10.8. The van der Waals surface area contributed by atoms with Crippen LogP contribution in [0.1, 0.15) is 58.8 Å². The second-order valence-corrected chi connectivity index (χ2v) is 11.6. The van der Waals surface area contributed by atoms with E-state index >= 15 is 0 Å². The summed E-state index contributed by atoms with van der Waals surface area (Å²) in [5, 5.41) is 32.5. The van der Waals surface area contributed by atoms with Crippen LogP contribution in [-0.4, -0.2) is 38.3 Å². The van der Waals surface area contributed by atoms with Crippen molar-refractivity contribution in [3.05, 3.63) is 0 Å². The molecule has 11 atom stereocenters. The highest BCUT2D eigenvalue weighted by molar-refractivity contribution is 5.86.